The second kappa shape index (κ2) is 7.44. The number of amides is 2. The smallest absolute Gasteiger partial charge is 0.255 e. The molecular weight excluding hydrogens is 356 g/mol. The van der Waals surface area contributed by atoms with Crippen LogP contribution in [0.5, 0.6) is 11.5 Å². The number of fused-ring (bicyclic) bond motifs is 1. The van der Waals surface area contributed by atoms with Crippen LogP contribution in [0.2, 0.25) is 0 Å². The summed E-state index contributed by atoms with van der Waals surface area (Å²) in [5.74, 6) is 0.753. The minimum absolute atomic E-state index is 0.163. The highest BCUT2D eigenvalue weighted by atomic mass is 16.7. The molecule has 0 saturated carbocycles. The van der Waals surface area contributed by atoms with Crippen molar-refractivity contribution in [1.29, 1.82) is 0 Å². The summed E-state index contributed by atoms with van der Waals surface area (Å²) in [5, 5.41) is 5.66. The van der Waals surface area contributed by atoms with Crippen molar-refractivity contribution >= 4 is 23.2 Å². The Morgan fingerprint density at radius 2 is 1.36 bits per heavy atom. The van der Waals surface area contributed by atoms with E-state index in [0.717, 1.165) is 5.56 Å². The van der Waals surface area contributed by atoms with Gasteiger partial charge in [0.2, 0.25) is 6.79 Å². The second-order valence-corrected chi connectivity index (χ2v) is 6.42. The van der Waals surface area contributed by atoms with Crippen molar-refractivity contribution in [3.05, 3.63) is 83.4 Å². The van der Waals surface area contributed by atoms with Gasteiger partial charge in [0.05, 0.1) is 0 Å². The molecule has 1 aliphatic rings. The molecule has 4 rings (SSSR count). The number of nitrogens with one attached hydrogen (secondary N) is 2. The number of anilines is 2. The van der Waals surface area contributed by atoms with Gasteiger partial charge in [-0.25, -0.2) is 0 Å². The molecule has 0 fully saturated rings. The molecule has 2 N–H and O–H groups in total. The fraction of sp³-hybridized carbons (Fsp3) is 0.0909. The van der Waals surface area contributed by atoms with E-state index in [0.29, 0.717) is 34.0 Å². The molecule has 3 aromatic carbocycles. The lowest BCUT2D eigenvalue weighted by molar-refractivity contribution is 0.101. The van der Waals surface area contributed by atoms with Gasteiger partial charge in [-0.05, 0) is 61.5 Å². The van der Waals surface area contributed by atoms with Gasteiger partial charge in [-0.3, -0.25) is 9.59 Å². The topological polar surface area (TPSA) is 76.7 Å². The Morgan fingerprint density at radius 3 is 2.00 bits per heavy atom. The molecule has 1 heterocycles. The van der Waals surface area contributed by atoms with Crippen molar-refractivity contribution in [2.24, 2.45) is 0 Å². The highest BCUT2D eigenvalue weighted by Gasteiger charge is 2.16. The highest BCUT2D eigenvalue weighted by molar-refractivity contribution is 6.06. The Labute approximate surface area is 162 Å². The summed E-state index contributed by atoms with van der Waals surface area (Å²) in [4.78, 5) is 24.7. The molecule has 140 valence electrons. The van der Waals surface area contributed by atoms with Crippen LogP contribution in [-0.4, -0.2) is 18.6 Å². The Hall–Kier alpha value is -3.80. The van der Waals surface area contributed by atoms with E-state index in [-0.39, 0.29) is 18.6 Å². The summed E-state index contributed by atoms with van der Waals surface area (Å²) in [6.45, 7) is 2.10. The summed E-state index contributed by atoms with van der Waals surface area (Å²) in [6, 6.07) is 19.4. The minimum Gasteiger partial charge on any atom is -0.454 e. The van der Waals surface area contributed by atoms with E-state index >= 15 is 0 Å². The van der Waals surface area contributed by atoms with Gasteiger partial charge in [0.1, 0.15) is 0 Å². The predicted octanol–water partition coefficient (Wildman–Crippen LogP) is 4.23. The molecule has 0 aliphatic carbocycles. The first kappa shape index (κ1) is 17.6. The van der Waals surface area contributed by atoms with Crippen LogP contribution >= 0.6 is 0 Å². The van der Waals surface area contributed by atoms with Gasteiger partial charge in [0.15, 0.2) is 11.5 Å². The van der Waals surface area contributed by atoms with Gasteiger partial charge in [-0.2, -0.15) is 0 Å². The average molecular weight is 374 g/mol. The van der Waals surface area contributed by atoms with E-state index in [2.05, 4.69) is 10.6 Å². The van der Waals surface area contributed by atoms with Crippen molar-refractivity contribution < 1.29 is 19.1 Å². The summed E-state index contributed by atoms with van der Waals surface area (Å²) >= 11 is 0. The van der Waals surface area contributed by atoms with Crippen molar-refractivity contribution in [2.45, 2.75) is 6.92 Å². The first-order chi connectivity index (χ1) is 13.6. The highest BCUT2D eigenvalue weighted by Crippen LogP contribution is 2.32. The van der Waals surface area contributed by atoms with E-state index in [9.17, 15) is 9.59 Å². The van der Waals surface area contributed by atoms with Gasteiger partial charge >= 0.3 is 0 Å². The molecular formula is C22H18N2O4. The molecule has 3 aromatic rings. The SMILES string of the molecule is Cc1cccc(C(=O)Nc2ccc(NC(=O)c3ccc4c(c3)OCO4)cc2)c1. The molecule has 0 aromatic heterocycles. The van der Waals surface area contributed by atoms with Crippen molar-refractivity contribution in [3.8, 4) is 11.5 Å². The van der Waals surface area contributed by atoms with E-state index in [4.69, 9.17) is 9.47 Å². The number of benzene rings is 3. The number of carbonyl (C=O) groups excluding carboxylic acids is 2. The van der Waals surface area contributed by atoms with Crippen LogP contribution < -0.4 is 20.1 Å². The van der Waals surface area contributed by atoms with Crippen LogP contribution in [0.25, 0.3) is 0 Å². The lowest BCUT2D eigenvalue weighted by atomic mass is 10.1. The molecule has 2 amide bonds. The number of aryl methyl sites for hydroxylation is 1. The Balaban J connectivity index is 1.40. The Bertz CT molecular complexity index is 1040. The maximum atomic E-state index is 12.4. The molecule has 0 bridgehead atoms. The van der Waals surface area contributed by atoms with E-state index in [1.807, 2.05) is 25.1 Å². The van der Waals surface area contributed by atoms with E-state index < -0.39 is 0 Å². The van der Waals surface area contributed by atoms with Crippen LogP contribution in [-0.2, 0) is 0 Å². The summed E-state index contributed by atoms with van der Waals surface area (Å²) < 4.78 is 10.5. The maximum Gasteiger partial charge on any atom is 0.255 e. The zero-order valence-electron chi connectivity index (χ0n) is 15.2. The molecule has 0 radical (unpaired) electrons. The number of rotatable bonds is 4. The summed E-state index contributed by atoms with van der Waals surface area (Å²) in [6.07, 6.45) is 0. The first-order valence-electron chi connectivity index (χ1n) is 8.77. The third-order valence-corrected chi connectivity index (χ3v) is 4.32. The molecule has 0 atom stereocenters. The van der Waals surface area contributed by atoms with Crippen LogP contribution in [0.3, 0.4) is 0 Å². The second-order valence-electron chi connectivity index (χ2n) is 6.42. The van der Waals surface area contributed by atoms with Gasteiger partial charge in [-0.1, -0.05) is 17.7 Å². The zero-order chi connectivity index (χ0) is 19.5. The third kappa shape index (κ3) is 3.81. The normalized spacial score (nSPS) is 11.8. The maximum absolute atomic E-state index is 12.4. The average Bonchev–Trinajstić information content (AvgIpc) is 3.17. The molecule has 1 aliphatic heterocycles. The summed E-state index contributed by atoms with van der Waals surface area (Å²) in [7, 11) is 0. The quantitative estimate of drug-likeness (QED) is 0.717. The molecule has 28 heavy (non-hydrogen) atoms. The van der Waals surface area contributed by atoms with Crippen LogP contribution in [0.4, 0.5) is 11.4 Å². The number of ether oxygens (including phenoxy) is 2. The number of hydrogen-bond acceptors (Lipinski definition) is 4. The largest absolute Gasteiger partial charge is 0.454 e. The first-order valence-corrected chi connectivity index (χ1v) is 8.77. The molecule has 6 heteroatoms. The third-order valence-electron chi connectivity index (χ3n) is 4.32. The lowest BCUT2D eigenvalue weighted by Gasteiger charge is -2.09. The standard InChI is InChI=1S/C22H18N2O4/c1-14-3-2-4-15(11-14)21(25)23-17-6-8-18(9-7-17)24-22(26)16-5-10-19-20(12-16)28-13-27-19/h2-12H,13H2,1H3,(H,23,25)(H,24,26). The van der Waals surface area contributed by atoms with Crippen LogP contribution in [0.1, 0.15) is 26.3 Å². The van der Waals surface area contributed by atoms with E-state index in [1.54, 1.807) is 48.5 Å². The summed E-state index contributed by atoms with van der Waals surface area (Å²) in [5.41, 5.74) is 3.36. The Kier molecular flexibility index (Phi) is 4.68. The minimum atomic E-state index is -0.255. The van der Waals surface area contributed by atoms with Gasteiger partial charge in [0, 0.05) is 22.5 Å². The fourth-order valence-electron chi connectivity index (χ4n) is 2.87. The van der Waals surface area contributed by atoms with Gasteiger partial charge in [-0.15, -0.1) is 0 Å². The van der Waals surface area contributed by atoms with Gasteiger partial charge in [0.25, 0.3) is 11.8 Å². The lowest BCUT2D eigenvalue weighted by Crippen LogP contribution is -2.13. The predicted molar refractivity (Wildman–Crippen MR) is 106 cm³/mol. The molecule has 6 nitrogen and oxygen atoms in total. The van der Waals surface area contributed by atoms with Crippen molar-refractivity contribution in [1.82, 2.24) is 0 Å². The van der Waals surface area contributed by atoms with E-state index in [1.165, 1.54) is 0 Å². The zero-order valence-corrected chi connectivity index (χ0v) is 15.2. The molecule has 0 spiro atoms. The van der Waals surface area contributed by atoms with Gasteiger partial charge < -0.3 is 20.1 Å². The van der Waals surface area contributed by atoms with Crippen molar-refractivity contribution in [2.75, 3.05) is 17.4 Å². The van der Waals surface area contributed by atoms with Crippen molar-refractivity contribution in [3.63, 3.8) is 0 Å². The Morgan fingerprint density at radius 1 is 0.750 bits per heavy atom. The van der Waals surface area contributed by atoms with Crippen LogP contribution in [0, 0.1) is 6.92 Å². The molecule has 0 saturated heterocycles. The van der Waals surface area contributed by atoms with Crippen LogP contribution in [0.15, 0.2) is 66.7 Å². The number of hydrogen-bond donors (Lipinski definition) is 2. The molecule has 0 unspecified atom stereocenters. The number of carbonyl (C=O) groups is 2. The fourth-order valence-corrected chi connectivity index (χ4v) is 2.87. The monoisotopic (exact) mass is 374 g/mol.